The zero-order chi connectivity index (χ0) is 19.6. The lowest BCUT2D eigenvalue weighted by Crippen LogP contribution is -2.61. The van der Waals surface area contributed by atoms with Crippen molar-refractivity contribution in [1.29, 1.82) is 0 Å². The SMILES string of the molecule is CC1OC2(CCN(CCc3ncccc3F)CC2)CN(c2ccccc2)C1=O.Cl. The van der Waals surface area contributed by atoms with E-state index < -0.39 is 6.10 Å². The molecule has 29 heavy (non-hydrogen) atoms. The van der Waals surface area contributed by atoms with E-state index in [0.717, 1.165) is 38.2 Å². The van der Waals surface area contributed by atoms with Crippen LogP contribution in [0.2, 0.25) is 0 Å². The van der Waals surface area contributed by atoms with Crippen molar-refractivity contribution >= 4 is 24.0 Å². The van der Waals surface area contributed by atoms with Gasteiger partial charge in [-0.05, 0) is 44.0 Å². The van der Waals surface area contributed by atoms with Gasteiger partial charge in [0.2, 0.25) is 0 Å². The number of aromatic nitrogens is 1. The Balaban J connectivity index is 0.00000240. The summed E-state index contributed by atoms with van der Waals surface area (Å²) >= 11 is 0. The van der Waals surface area contributed by atoms with Gasteiger partial charge in [0, 0.05) is 37.9 Å². The average molecular weight is 420 g/mol. The first-order valence-corrected chi connectivity index (χ1v) is 9.92. The number of carbonyl (C=O) groups is 1. The number of hydrogen-bond acceptors (Lipinski definition) is 4. The number of morpholine rings is 1. The van der Waals surface area contributed by atoms with Crippen LogP contribution < -0.4 is 4.90 Å². The summed E-state index contributed by atoms with van der Waals surface area (Å²) in [6.07, 6.45) is 3.52. The van der Waals surface area contributed by atoms with E-state index in [1.165, 1.54) is 6.07 Å². The normalized spacial score (nSPS) is 21.8. The number of piperidine rings is 1. The molecule has 1 unspecified atom stereocenters. The lowest BCUT2D eigenvalue weighted by atomic mass is 9.88. The summed E-state index contributed by atoms with van der Waals surface area (Å²) < 4.78 is 20.0. The Kier molecular flexibility index (Phi) is 6.88. The highest BCUT2D eigenvalue weighted by atomic mass is 35.5. The second-order valence-corrected chi connectivity index (χ2v) is 7.73. The summed E-state index contributed by atoms with van der Waals surface area (Å²) in [5.41, 5.74) is 1.14. The van der Waals surface area contributed by atoms with Crippen LogP contribution in [0.4, 0.5) is 10.1 Å². The number of rotatable bonds is 4. The molecule has 2 aromatic rings. The van der Waals surface area contributed by atoms with Crippen LogP contribution >= 0.6 is 12.4 Å². The minimum absolute atomic E-state index is 0. The van der Waals surface area contributed by atoms with Crippen molar-refractivity contribution in [2.75, 3.05) is 31.1 Å². The van der Waals surface area contributed by atoms with E-state index in [1.54, 1.807) is 12.3 Å². The third-order valence-corrected chi connectivity index (χ3v) is 5.82. The summed E-state index contributed by atoms with van der Waals surface area (Å²) in [6, 6.07) is 12.9. The molecule has 7 heteroatoms. The molecule has 5 nitrogen and oxygen atoms in total. The van der Waals surface area contributed by atoms with E-state index in [2.05, 4.69) is 9.88 Å². The standard InChI is InChI=1S/C22H26FN3O2.ClH/c1-17-21(27)26(18-6-3-2-4-7-18)16-22(28-17)10-14-25(15-11-22)13-9-20-19(23)8-5-12-24-20;/h2-8,12,17H,9-11,13-16H2,1H3;1H. The minimum atomic E-state index is -0.442. The van der Waals surface area contributed by atoms with Crippen molar-refractivity contribution < 1.29 is 13.9 Å². The Bertz CT molecular complexity index is 828. The van der Waals surface area contributed by atoms with Crippen molar-refractivity contribution in [3.8, 4) is 0 Å². The zero-order valence-corrected chi connectivity index (χ0v) is 17.4. The number of ether oxygens (including phenoxy) is 1. The van der Waals surface area contributed by atoms with E-state index in [4.69, 9.17) is 4.74 Å². The molecule has 1 aromatic heterocycles. The molecular formula is C22H27ClFN3O2. The van der Waals surface area contributed by atoms with Crippen LogP contribution in [0, 0.1) is 5.82 Å². The van der Waals surface area contributed by atoms with E-state index in [0.29, 0.717) is 18.7 Å². The number of amides is 1. The van der Waals surface area contributed by atoms with Gasteiger partial charge in [-0.25, -0.2) is 4.39 Å². The predicted octanol–water partition coefficient (Wildman–Crippen LogP) is 3.47. The van der Waals surface area contributed by atoms with Gasteiger partial charge in [0.1, 0.15) is 11.9 Å². The Hall–Kier alpha value is -2.02. The van der Waals surface area contributed by atoms with Crippen molar-refractivity contribution in [3.05, 3.63) is 60.2 Å². The highest BCUT2D eigenvalue weighted by Gasteiger charge is 2.45. The van der Waals surface area contributed by atoms with Crippen LogP contribution in [0.15, 0.2) is 48.7 Å². The Morgan fingerprint density at radius 1 is 1.17 bits per heavy atom. The van der Waals surface area contributed by atoms with Crippen molar-refractivity contribution in [2.45, 2.75) is 37.9 Å². The number of para-hydroxylation sites is 1. The largest absolute Gasteiger partial charge is 0.360 e. The van der Waals surface area contributed by atoms with Gasteiger partial charge in [0.25, 0.3) is 5.91 Å². The van der Waals surface area contributed by atoms with Gasteiger partial charge < -0.3 is 14.5 Å². The highest BCUT2D eigenvalue weighted by molar-refractivity contribution is 5.97. The molecule has 0 bridgehead atoms. The highest BCUT2D eigenvalue weighted by Crippen LogP contribution is 2.35. The summed E-state index contributed by atoms with van der Waals surface area (Å²) in [4.78, 5) is 21.0. The fourth-order valence-electron chi connectivity index (χ4n) is 4.20. The van der Waals surface area contributed by atoms with Crippen molar-refractivity contribution in [3.63, 3.8) is 0 Å². The molecule has 4 rings (SSSR count). The number of pyridine rings is 1. The van der Waals surface area contributed by atoms with E-state index in [-0.39, 0.29) is 29.7 Å². The van der Waals surface area contributed by atoms with Crippen LogP contribution in [0.5, 0.6) is 0 Å². The molecule has 1 spiro atoms. The first kappa shape index (κ1) is 21.7. The molecule has 1 amide bonds. The number of carbonyl (C=O) groups excluding carboxylic acids is 1. The Labute approximate surface area is 177 Å². The van der Waals surface area contributed by atoms with Gasteiger partial charge in [-0.2, -0.15) is 0 Å². The predicted molar refractivity (Wildman–Crippen MR) is 113 cm³/mol. The first-order valence-electron chi connectivity index (χ1n) is 9.92. The smallest absolute Gasteiger partial charge is 0.255 e. The fraction of sp³-hybridized carbons (Fsp3) is 0.455. The van der Waals surface area contributed by atoms with E-state index >= 15 is 0 Å². The molecule has 2 aliphatic heterocycles. The number of likely N-dealkylation sites (tertiary alicyclic amines) is 1. The minimum Gasteiger partial charge on any atom is -0.360 e. The topological polar surface area (TPSA) is 45.7 Å². The molecule has 156 valence electrons. The van der Waals surface area contributed by atoms with Crippen LogP contribution in [-0.4, -0.2) is 53.7 Å². The fourth-order valence-corrected chi connectivity index (χ4v) is 4.20. The Morgan fingerprint density at radius 2 is 1.90 bits per heavy atom. The van der Waals surface area contributed by atoms with Gasteiger partial charge in [0.05, 0.1) is 17.8 Å². The molecule has 3 heterocycles. The average Bonchev–Trinajstić information content (AvgIpc) is 2.72. The second kappa shape index (κ2) is 9.20. The van der Waals surface area contributed by atoms with Gasteiger partial charge >= 0.3 is 0 Å². The molecule has 1 atom stereocenters. The molecule has 2 fully saturated rings. The van der Waals surface area contributed by atoms with Gasteiger partial charge in [0.15, 0.2) is 0 Å². The summed E-state index contributed by atoms with van der Waals surface area (Å²) in [5.74, 6) is -0.220. The summed E-state index contributed by atoms with van der Waals surface area (Å²) in [6.45, 7) is 4.95. The third kappa shape index (κ3) is 4.77. The van der Waals surface area contributed by atoms with Crippen molar-refractivity contribution in [2.24, 2.45) is 0 Å². The van der Waals surface area contributed by atoms with Gasteiger partial charge in [-0.15, -0.1) is 12.4 Å². The Morgan fingerprint density at radius 3 is 2.59 bits per heavy atom. The molecular weight excluding hydrogens is 393 g/mol. The lowest BCUT2D eigenvalue weighted by Gasteiger charge is -2.49. The monoisotopic (exact) mass is 419 g/mol. The molecule has 2 saturated heterocycles. The molecule has 1 aromatic carbocycles. The number of hydrogen-bond donors (Lipinski definition) is 0. The molecule has 0 aliphatic carbocycles. The zero-order valence-electron chi connectivity index (χ0n) is 16.6. The maximum Gasteiger partial charge on any atom is 0.255 e. The van der Waals surface area contributed by atoms with Crippen LogP contribution in [0.3, 0.4) is 0 Å². The van der Waals surface area contributed by atoms with Crippen molar-refractivity contribution in [1.82, 2.24) is 9.88 Å². The summed E-state index contributed by atoms with van der Waals surface area (Å²) in [5, 5.41) is 0. The van der Waals surface area contributed by atoms with Gasteiger partial charge in [-0.1, -0.05) is 18.2 Å². The quantitative estimate of drug-likeness (QED) is 0.761. The van der Waals surface area contributed by atoms with E-state index in [9.17, 15) is 9.18 Å². The van der Waals surface area contributed by atoms with Crippen LogP contribution in [0.25, 0.3) is 0 Å². The maximum absolute atomic E-state index is 13.8. The molecule has 0 saturated carbocycles. The third-order valence-electron chi connectivity index (χ3n) is 5.82. The van der Waals surface area contributed by atoms with Crippen LogP contribution in [-0.2, 0) is 16.0 Å². The van der Waals surface area contributed by atoms with Crippen LogP contribution in [0.1, 0.15) is 25.5 Å². The van der Waals surface area contributed by atoms with Gasteiger partial charge in [-0.3, -0.25) is 9.78 Å². The molecule has 2 aliphatic rings. The van der Waals surface area contributed by atoms with E-state index in [1.807, 2.05) is 42.2 Å². The lowest BCUT2D eigenvalue weighted by molar-refractivity contribution is -0.161. The molecule has 0 N–H and O–H groups in total. The maximum atomic E-state index is 13.8. The summed E-state index contributed by atoms with van der Waals surface area (Å²) in [7, 11) is 0. The second-order valence-electron chi connectivity index (χ2n) is 7.73. The number of nitrogens with zero attached hydrogens (tertiary/aromatic N) is 3. The number of benzene rings is 1. The number of anilines is 1. The number of halogens is 2. The first-order chi connectivity index (χ1) is 13.6. The molecule has 0 radical (unpaired) electrons.